The third kappa shape index (κ3) is 9.68. The Balaban J connectivity index is 0. The molecule has 0 saturated heterocycles. The van der Waals surface area contributed by atoms with Crippen LogP contribution in [0.2, 0.25) is 0 Å². The average Bonchev–Trinajstić information content (AvgIpc) is 1.61. The van der Waals surface area contributed by atoms with Crippen molar-refractivity contribution in [3.8, 4) is 0 Å². The lowest BCUT2D eigenvalue weighted by Gasteiger charge is -1.98. The Morgan fingerprint density at radius 1 is 1.50 bits per heavy atom. The van der Waals surface area contributed by atoms with Gasteiger partial charge in [0.05, 0.1) is 6.61 Å². The molecule has 0 aromatic heterocycles. The van der Waals surface area contributed by atoms with Gasteiger partial charge in [-0.25, -0.2) is 0 Å². The highest BCUT2D eigenvalue weighted by Gasteiger charge is 1.91. The fourth-order valence-corrected chi connectivity index (χ4v) is 0.392. The lowest BCUT2D eigenvalue weighted by atomic mass is 10.7. The molecule has 0 fully saturated rings. The zero-order valence-corrected chi connectivity index (χ0v) is 5.91. The molecule has 0 radical (unpaired) electrons. The van der Waals surface area contributed by atoms with Crippen LogP contribution in [0.4, 0.5) is 0 Å². The Morgan fingerprint density at radius 3 is 2.12 bits per heavy atom. The monoisotopic (exact) mass is 160 g/mol. The van der Waals surface area contributed by atoms with E-state index in [9.17, 15) is 0 Å². The SMILES string of the molecule is N.OCCNC(Cl)Cl. The number of halogens is 2. The molecule has 0 aromatic carbocycles. The van der Waals surface area contributed by atoms with Crippen LogP contribution in [0.5, 0.6) is 0 Å². The lowest BCUT2D eigenvalue weighted by molar-refractivity contribution is 0.294. The van der Waals surface area contributed by atoms with E-state index in [1.807, 2.05) is 0 Å². The molecule has 52 valence electrons. The summed E-state index contributed by atoms with van der Waals surface area (Å²) in [5.74, 6) is 0. The molecule has 0 bridgehead atoms. The van der Waals surface area contributed by atoms with Gasteiger partial charge in [0.2, 0.25) is 0 Å². The number of hydrogen-bond acceptors (Lipinski definition) is 3. The van der Waals surface area contributed by atoms with Crippen LogP contribution in [0.15, 0.2) is 0 Å². The van der Waals surface area contributed by atoms with Crippen molar-refractivity contribution in [1.82, 2.24) is 11.5 Å². The molecule has 0 unspecified atom stereocenters. The summed E-state index contributed by atoms with van der Waals surface area (Å²) in [5, 5.41) is 10.7. The van der Waals surface area contributed by atoms with Crippen LogP contribution in [-0.4, -0.2) is 23.2 Å². The van der Waals surface area contributed by atoms with Crippen LogP contribution in [-0.2, 0) is 0 Å². The summed E-state index contributed by atoms with van der Waals surface area (Å²) in [6.45, 7) is 0.508. The second-order valence-corrected chi connectivity index (χ2v) is 2.07. The maximum Gasteiger partial charge on any atom is 0.158 e. The zero-order valence-electron chi connectivity index (χ0n) is 4.40. The Bertz CT molecular complexity index is 44.3. The Labute approximate surface area is 58.6 Å². The molecule has 0 aliphatic carbocycles. The molecule has 0 aliphatic rings. The van der Waals surface area contributed by atoms with Gasteiger partial charge in [0, 0.05) is 6.54 Å². The molecule has 0 amide bonds. The number of nitrogens with one attached hydrogen (secondary N) is 1. The first-order valence-corrected chi connectivity index (χ1v) is 2.77. The van der Waals surface area contributed by atoms with E-state index in [-0.39, 0.29) is 12.8 Å². The standard InChI is InChI=1S/C3H7Cl2NO.H3N/c4-3(5)6-1-2-7;/h3,6-7H,1-2H2;1H3. The molecular weight excluding hydrogens is 151 g/mol. The third-order valence-corrected chi connectivity index (χ3v) is 0.719. The van der Waals surface area contributed by atoms with Crippen LogP contribution in [0.1, 0.15) is 0 Å². The van der Waals surface area contributed by atoms with Gasteiger partial charge in [0.1, 0.15) is 0 Å². The van der Waals surface area contributed by atoms with Crippen LogP contribution in [0.3, 0.4) is 0 Å². The maximum atomic E-state index is 8.14. The highest BCUT2D eigenvalue weighted by Crippen LogP contribution is 1.92. The Morgan fingerprint density at radius 2 is 2.00 bits per heavy atom. The minimum Gasteiger partial charge on any atom is -0.395 e. The van der Waals surface area contributed by atoms with Crippen molar-refractivity contribution in [3.05, 3.63) is 0 Å². The predicted octanol–water partition coefficient (Wildman–Crippen LogP) is 0.491. The van der Waals surface area contributed by atoms with E-state index in [1.165, 1.54) is 0 Å². The van der Waals surface area contributed by atoms with Crippen LogP contribution in [0.25, 0.3) is 0 Å². The van der Waals surface area contributed by atoms with Crippen molar-refractivity contribution in [2.75, 3.05) is 13.2 Å². The van der Waals surface area contributed by atoms with E-state index in [0.717, 1.165) is 0 Å². The summed E-state index contributed by atoms with van der Waals surface area (Å²) < 4.78 is 0. The van der Waals surface area contributed by atoms with E-state index in [0.29, 0.717) is 6.54 Å². The van der Waals surface area contributed by atoms with Gasteiger partial charge in [-0.05, 0) is 0 Å². The van der Waals surface area contributed by atoms with Gasteiger partial charge in [-0.2, -0.15) is 0 Å². The van der Waals surface area contributed by atoms with Gasteiger partial charge in [-0.1, -0.05) is 23.2 Å². The molecule has 0 saturated carbocycles. The Kier molecular flexibility index (Phi) is 10.5. The number of alkyl halides is 2. The summed E-state index contributed by atoms with van der Waals surface area (Å²) in [4.78, 5) is -0.563. The first kappa shape index (κ1) is 11.3. The average molecular weight is 161 g/mol. The van der Waals surface area contributed by atoms with Gasteiger partial charge in [0.25, 0.3) is 0 Å². The molecule has 3 nitrogen and oxygen atoms in total. The summed E-state index contributed by atoms with van der Waals surface area (Å²) in [5.41, 5.74) is 0. The number of aliphatic hydroxyl groups excluding tert-OH is 1. The highest BCUT2D eigenvalue weighted by molar-refractivity contribution is 6.43. The number of rotatable bonds is 3. The summed E-state index contributed by atoms with van der Waals surface area (Å²) >= 11 is 10.4. The van der Waals surface area contributed by atoms with Crippen molar-refractivity contribution < 1.29 is 5.11 Å². The topological polar surface area (TPSA) is 67.3 Å². The highest BCUT2D eigenvalue weighted by atomic mass is 35.5. The molecule has 0 rings (SSSR count). The predicted molar refractivity (Wildman–Crippen MR) is 35.6 cm³/mol. The maximum absolute atomic E-state index is 8.14. The van der Waals surface area contributed by atoms with Gasteiger partial charge >= 0.3 is 0 Å². The van der Waals surface area contributed by atoms with E-state index in [2.05, 4.69) is 5.32 Å². The first-order chi connectivity index (χ1) is 3.27. The van der Waals surface area contributed by atoms with Crippen molar-refractivity contribution in [3.63, 3.8) is 0 Å². The second-order valence-electron chi connectivity index (χ2n) is 0.978. The van der Waals surface area contributed by atoms with E-state index in [4.69, 9.17) is 28.3 Å². The molecule has 0 spiro atoms. The second kappa shape index (κ2) is 7.46. The van der Waals surface area contributed by atoms with Crippen molar-refractivity contribution >= 4 is 23.2 Å². The Hall–Kier alpha value is 0.460. The van der Waals surface area contributed by atoms with Gasteiger partial charge in [-0.3, -0.25) is 5.32 Å². The van der Waals surface area contributed by atoms with Crippen molar-refractivity contribution in [2.45, 2.75) is 4.96 Å². The van der Waals surface area contributed by atoms with Crippen molar-refractivity contribution in [2.24, 2.45) is 0 Å². The zero-order chi connectivity index (χ0) is 5.70. The van der Waals surface area contributed by atoms with Crippen molar-refractivity contribution in [1.29, 1.82) is 0 Å². The summed E-state index contributed by atoms with van der Waals surface area (Å²) in [7, 11) is 0. The summed E-state index contributed by atoms with van der Waals surface area (Å²) in [6, 6.07) is 0. The smallest absolute Gasteiger partial charge is 0.158 e. The molecule has 0 atom stereocenters. The van der Waals surface area contributed by atoms with Gasteiger partial charge in [-0.15, -0.1) is 0 Å². The van der Waals surface area contributed by atoms with Crippen LogP contribution in [0, 0.1) is 0 Å². The normalized spacial score (nSPS) is 9.00. The molecule has 5 N–H and O–H groups in total. The van der Waals surface area contributed by atoms with Crippen LogP contribution >= 0.6 is 23.2 Å². The summed E-state index contributed by atoms with van der Waals surface area (Å²) in [6.07, 6.45) is 0. The third-order valence-electron chi connectivity index (χ3n) is 0.410. The minimum atomic E-state index is -0.563. The van der Waals surface area contributed by atoms with Gasteiger partial charge in [0.15, 0.2) is 4.96 Å². The molecule has 0 heterocycles. The fraction of sp³-hybridized carbons (Fsp3) is 1.00. The molecule has 5 heteroatoms. The number of aliphatic hydroxyl groups is 1. The first-order valence-electron chi connectivity index (χ1n) is 1.89. The largest absolute Gasteiger partial charge is 0.395 e. The molecule has 0 aliphatic heterocycles. The minimum absolute atomic E-state index is 0. The number of hydrogen-bond donors (Lipinski definition) is 3. The van der Waals surface area contributed by atoms with E-state index >= 15 is 0 Å². The van der Waals surface area contributed by atoms with E-state index < -0.39 is 4.96 Å². The van der Waals surface area contributed by atoms with E-state index in [1.54, 1.807) is 0 Å². The molecular formula is C3H10Cl2N2O. The molecule has 8 heavy (non-hydrogen) atoms. The fourth-order valence-electron chi connectivity index (χ4n) is 0.174. The molecule has 0 aromatic rings. The van der Waals surface area contributed by atoms with Gasteiger partial charge < -0.3 is 11.3 Å². The quantitative estimate of drug-likeness (QED) is 0.416. The lowest BCUT2D eigenvalue weighted by Crippen LogP contribution is -2.21. The van der Waals surface area contributed by atoms with Crippen LogP contribution < -0.4 is 11.5 Å².